The highest BCUT2D eigenvalue weighted by Crippen LogP contribution is 2.26. The number of nitrogen functional groups attached to an aromatic ring is 1. The summed E-state index contributed by atoms with van der Waals surface area (Å²) in [5.41, 5.74) is 6.71. The molecule has 1 aliphatic carbocycles. The Morgan fingerprint density at radius 2 is 2.12 bits per heavy atom. The lowest BCUT2D eigenvalue weighted by atomic mass is 10.1. The van der Waals surface area contributed by atoms with E-state index < -0.39 is 0 Å². The van der Waals surface area contributed by atoms with Crippen molar-refractivity contribution in [2.24, 2.45) is 5.92 Å². The summed E-state index contributed by atoms with van der Waals surface area (Å²) in [7, 11) is 0. The molecule has 0 aromatic heterocycles. The molecule has 0 radical (unpaired) electrons. The molecule has 1 saturated carbocycles. The third-order valence-electron chi connectivity index (χ3n) is 3.10. The van der Waals surface area contributed by atoms with E-state index >= 15 is 0 Å². The van der Waals surface area contributed by atoms with Gasteiger partial charge in [-0.25, -0.2) is 0 Å². The SMILES string of the molecule is N#Cc1ccc(OCC2CCCC2)cc1N. The standard InChI is InChI=1S/C13H16N2O/c14-8-11-5-6-12(7-13(11)15)16-9-10-3-1-2-4-10/h5-7,10H,1-4,9,15H2. The number of hydrogen-bond donors (Lipinski definition) is 1. The van der Waals surface area contributed by atoms with E-state index in [1.165, 1.54) is 25.7 Å². The molecule has 3 nitrogen and oxygen atoms in total. The number of rotatable bonds is 3. The van der Waals surface area contributed by atoms with Gasteiger partial charge in [0.15, 0.2) is 0 Å². The number of benzene rings is 1. The first-order valence-corrected chi connectivity index (χ1v) is 5.72. The van der Waals surface area contributed by atoms with Gasteiger partial charge in [-0.1, -0.05) is 12.8 Å². The van der Waals surface area contributed by atoms with Crippen molar-refractivity contribution in [1.82, 2.24) is 0 Å². The highest BCUT2D eigenvalue weighted by atomic mass is 16.5. The third kappa shape index (κ3) is 2.46. The second kappa shape index (κ2) is 4.89. The van der Waals surface area contributed by atoms with Crippen molar-refractivity contribution >= 4 is 5.69 Å². The van der Waals surface area contributed by atoms with Crippen LogP contribution in [0.1, 0.15) is 31.2 Å². The van der Waals surface area contributed by atoms with Gasteiger partial charge in [0.2, 0.25) is 0 Å². The van der Waals surface area contributed by atoms with Crippen LogP contribution in [0.3, 0.4) is 0 Å². The van der Waals surface area contributed by atoms with Crippen molar-refractivity contribution in [3.8, 4) is 11.8 Å². The minimum Gasteiger partial charge on any atom is -0.493 e. The average Bonchev–Trinajstić information content (AvgIpc) is 2.79. The summed E-state index contributed by atoms with van der Waals surface area (Å²) in [6.07, 6.45) is 5.19. The summed E-state index contributed by atoms with van der Waals surface area (Å²) in [6, 6.07) is 7.29. The number of nitrogens with zero attached hydrogens (tertiary/aromatic N) is 1. The molecule has 0 aliphatic heterocycles. The molecule has 0 amide bonds. The number of nitrogens with two attached hydrogens (primary N) is 1. The fraction of sp³-hybridized carbons (Fsp3) is 0.462. The van der Waals surface area contributed by atoms with E-state index in [9.17, 15) is 0 Å². The summed E-state index contributed by atoms with van der Waals surface area (Å²) in [4.78, 5) is 0. The Hall–Kier alpha value is -1.69. The Bertz CT molecular complexity index is 403. The summed E-state index contributed by atoms with van der Waals surface area (Å²) in [5, 5.41) is 8.74. The van der Waals surface area contributed by atoms with Crippen LogP contribution in [-0.2, 0) is 0 Å². The van der Waals surface area contributed by atoms with Gasteiger partial charge in [0.25, 0.3) is 0 Å². The van der Waals surface area contributed by atoms with Gasteiger partial charge in [-0.05, 0) is 30.9 Å². The zero-order valence-corrected chi connectivity index (χ0v) is 9.28. The predicted octanol–water partition coefficient (Wildman–Crippen LogP) is 2.71. The number of anilines is 1. The van der Waals surface area contributed by atoms with E-state index in [0.29, 0.717) is 17.2 Å². The summed E-state index contributed by atoms with van der Waals surface area (Å²) in [6.45, 7) is 0.769. The number of nitriles is 1. The Morgan fingerprint density at radius 1 is 1.38 bits per heavy atom. The first-order valence-electron chi connectivity index (χ1n) is 5.72. The first-order chi connectivity index (χ1) is 7.79. The van der Waals surface area contributed by atoms with Gasteiger partial charge < -0.3 is 10.5 Å². The number of hydrogen-bond acceptors (Lipinski definition) is 3. The fourth-order valence-corrected chi connectivity index (χ4v) is 2.12. The molecular weight excluding hydrogens is 200 g/mol. The van der Waals surface area contributed by atoms with Crippen LogP contribution in [0.5, 0.6) is 5.75 Å². The molecule has 0 spiro atoms. The van der Waals surface area contributed by atoms with Crippen LogP contribution < -0.4 is 10.5 Å². The maximum absolute atomic E-state index is 8.74. The van der Waals surface area contributed by atoms with Crippen LogP contribution in [0.15, 0.2) is 18.2 Å². The molecule has 1 aromatic rings. The number of ether oxygens (including phenoxy) is 1. The molecule has 16 heavy (non-hydrogen) atoms. The van der Waals surface area contributed by atoms with Gasteiger partial charge in [0.05, 0.1) is 17.9 Å². The van der Waals surface area contributed by atoms with E-state index in [0.717, 1.165) is 12.4 Å². The van der Waals surface area contributed by atoms with E-state index in [1.54, 1.807) is 12.1 Å². The molecule has 0 saturated heterocycles. The monoisotopic (exact) mass is 216 g/mol. The fourth-order valence-electron chi connectivity index (χ4n) is 2.12. The van der Waals surface area contributed by atoms with Gasteiger partial charge in [-0.15, -0.1) is 0 Å². The second-order valence-corrected chi connectivity index (χ2v) is 4.32. The lowest BCUT2D eigenvalue weighted by Gasteiger charge is -2.11. The highest BCUT2D eigenvalue weighted by molar-refractivity contribution is 5.56. The Morgan fingerprint density at radius 3 is 2.75 bits per heavy atom. The van der Waals surface area contributed by atoms with Crippen molar-refractivity contribution in [2.75, 3.05) is 12.3 Å². The molecule has 1 aliphatic rings. The molecule has 0 atom stereocenters. The van der Waals surface area contributed by atoms with E-state index in [4.69, 9.17) is 15.7 Å². The third-order valence-corrected chi connectivity index (χ3v) is 3.10. The smallest absolute Gasteiger partial charge is 0.121 e. The van der Waals surface area contributed by atoms with Gasteiger partial charge in [-0.3, -0.25) is 0 Å². The van der Waals surface area contributed by atoms with Crippen LogP contribution in [0, 0.1) is 17.2 Å². The van der Waals surface area contributed by atoms with Gasteiger partial charge in [0, 0.05) is 6.07 Å². The van der Waals surface area contributed by atoms with Crippen LogP contribution in [0.2, 0.25) is 0 Å². The van der Waals surface area contributed by atoms with Crippen molar-refractivity contribution in [2.45, 2.75) is 25.7 Å². The minimum absolute atomic E-state index is 0.492. The maximum atomic E-state index is 8.74. The molecule has 1 fully saturated rings. The largest absolute Gasteiger partial charge is 0.493 e. The molecule has 0 bridgehead atoms. The highest BCUT2D eigenvalue weighted by Gasteiger charge is 2.15. The summed E-state index contributed by atoms with van der Waals surface area (Å²) >= 11 is 0. The van der Waals surface area contributed by atoms with Crippen LogP contribution >= 0.6 is 0 Å². The first kappa shape index (κ1) is 10.8. The predicted molar refractivity (Wildman–Crippen MR) is 63.0 cm³/mol. The molecule has 0 heterocycles. The van der Waals surface area contributed by atoms with Crippen molar-refractivity contribution in [3.05, 3.63) is 23.8 Å². The Balaban J connectivity index is 1.94. The Kier molecular flexibility index (Phi) is 3.31. The normalized spacial score (nSPS) is 15.9. The van der Waals surface area contributed by atoms with Crippen LogP contribution in [0.4, 0.5) is 5.69 Å². The van der Waals surface area contributed by atoms with Gasteiger partial charge in [-0.2, -0.15) is 5.26 Å². The topological polar surface area (TPSA) is 59.0 Å². The second-order valence-electron chi connectivity index (χ2n) is 4.32. The van der Waals surface area contributed by atoms with Crippen molar-refractivity contribution in [3.63, 3.8) is 0 Å². The average molecular weight is 216 g/mol. The van der Waals surface area contributed by atoms with Gasteiger partial charge in [0.1, 0.15) is 11.8 Å². The molecular formula is C13H16N2O. The molecule has 0 unspecified atom stereocenters. The van der Waals surface area contributed by atoms with E-state index in [1.807, 2.05) is 12.1 Å². The zero-order chi connectivity index (χ0) is 11.4. The van der Waals surface area contributed by atoms with E-state index in [-0.39, 0.29) is 0 Å². The molecule has 1 aromatic carbocycles. The minimum atomic E-state index is 0.492. The van der Waals surface area contributed by atoms with Crippen molar-refractivity contribution < 1.29 is 4.74 Å². The van der Waals surface area contributed by atoms with Crippen LogP contribution in [0.25, 0.3) is 0 Å². The maximum Gasteiger partial charge on any atom is 0.121 e. The lowest BCUT2D eigenvalue weighted by Crippen LogP contribution is -2.08. The molecule has 84 valence electrons. The van der Waals surface area contributed by atoms with Crippen LogP contribution in [-0.4, -0.2) is 6.61 Å². The zero-order valence-electron chi connectivity index (χ0n) is 9.28. The summed E-state index contributed by atoms with van der Waals surface area (Å²) < 4.78 is 5.68. The van der Waals surface area contributed by atoms with E-state index in [2.05, 4.69) is 0 Å². The van der Waals surface area contributed by atoms with Gasteiger partial charge >= 0.3 is 0 Å². The Labute approximate surface area is 95.8 Å². The molecule has 3 heteroatoms. The summed E-state index contributed by atoms with van der Waals surface area (Å²) in [5.74, 6) is 1.46. The molecule has 2 N–H and O–H groups in total. The van der Waals surface area contributed by atoms with Crippen molar-refractivity contribution in [1.29, 1.82) is 5.26 Å². The lowest BCUT2D eigenvalue weighted by molar-refractivity contribution is 0.252. The molecule has 2 rings (SSSR count). The quantitative estimate of drug-likeness (QED) is 0.790.